The third-order valence-corrected chi connectivity index (χ3v) is 29.2. The van der Waals surface area contributed by atoms with Gasteiger partial charge in [0.05, 0.1) is 25.4 Å². The van der Waals surface area contributed by atoms with Gasteiger partial charge in [0.2, 0.25) is 0 Å². The second kappa shape index (κ2) is 25.9. The molecule has 4 heterocycles. The zero-order valence-electron chi connectivity index (χ0n) is 59.9. The van der Waals surface area contributed by atoms with Crippen LogP contribution in [-0.4, -0.2) is 70.7 Å². The van der Waals surface area contributed by atoms with Gasteiger partial charge in [-0.2, -0.15) is 0 Å². The van der Waals surface area contributed by atoms with Crippen LogP contribution in [0.5, 0.6) is 5.75 Å². The Labute approximate surface area is 609 Å². The monoisotopic (exact) mass is 1390 g/mol. The zero-order valence-corrected chi connectivity index (χ0v) is 59.9. The highest BCUT2D eigenvalue weighted by atomic mass is 16.6. The molecule has 3 aliphatic heterocycles. The van der Waals surface area contributed by atoms with Gasteiger partial charge < -0.3 is 43.8 Å². The normalized spacial score (nSPS) is 32.8. The van der Waals surface area contributed by atoms with Crippen molar-refractivity contribution in [1.82, 2.24) is 0 Å². The van der Waals surface area contributed by atoms with E-state index < -0.39 is 61.3 Å². The third kappa shape index (κ3) is 10.2. The van der Waals surface area contributed by atoms with Gasteiger partial charge in [0.25, 0.3) is 0 Å². The Morgan fingerprint density at radius 3 is 2.38 bits per heavy atom. The number of ether oxygens (including phenoxy) is 4. The molecule has 12 heteroatoms. The fraction of sp³-hybridized carbons (Fsp3) is 0.467. The highest BCUT2D eigenvalue weighted by Crippen LogP contribution is 2.67. The molecule has 6 aromatic carbocycles. The molecule has 19 aliphatic rings. The fourth-order valence-electron chi connectivity index (χ4n) is 24.7. The molecule has 2 spiro atoms. The average molecular weight is 1390 g/mol. The van der Waals surface area contributed by atoms with E-state index in [2.05, 4.69) is 147 Å². The molecule has 12 nitrogen and oxygen atoms in total. The van der Waals surface area contributed by atoms with E-state index in [1.807, 2.05) is 13.0 Å². The van der Waals surface area contributed by atoms with Crippen molar-refractivity contribution in [2.45, 2.75) is 200 Å². The lowest BCUT2D eigenvalue weighted by Gasteiger charge is -2.55. The smallest absolute Gasteiger partial charge is 0.340 e. The lowest BCUT2D eigenvalue weighted by Crippen LogP contribution is -2.59. The molecule has 0 radical (unpaired) electrons. The lowest BCUT2D eigenvalue weighted by atomic mass is 9.48. The van der Waals surface area contributed by atoms with Crippen LogP contribution in [0, 0.1) is 41.4 Å². The molecule has 17 atom stereocenters. The van der Waals surface area contributed by atoms with Crippen molar-refractivity contribution in [3.05, 3.63) is 250 Å². The second-order valence-electron chi connectivity index (χ2n) is 33.7. The maximum atomic E-state index is 16.8. The van der Waals surface area contributed by atoms with Gasteiger partial charge in [-0.25, -0.2) is 9.59 Å². The molecule has 0 saturated heterocycles. The van der Waals surface area contributed by atoms with Gasteiger partial charge in [0, 0.05) is 58.6 Å². The summed E-state index contributed by atoms with van der Waals surface area (Å²) in [4.78, 5) is 48.5. The highest BCUT2D eigenvalue weighted by Gasteiger charge is 2.64. The summed E-state index contributed by atoms with van der Waals surface area (Å²) < 4.78 is 35.0. The third-order valence-electron chi connectivity index (χ3n) is 29.2. The van der Waals surface area contributed by atoms with Crippen LogP contribution in [0.15, 0.2) is 160 Å². The SMILES string of the molecule is C/C(CO)=C1\C[C@@H]2c3ccc4cc3[C@H]3C[C@H]5[C@H]6C=Cc7ccccc7[C@@H]6C[C@H]5[C@]5(C)Oc6ccc7c(CO)c([C@H](CCO)COCO)c(=O)oc7c6[C@@H](OC(=O)C[C@@H]6C[C@H](C=C[C@H]46)c4cccc6c4CC[C@@H]4CCC[C@@H]7C=Cc8ccc(cc8[C@]647)Cc4ccc(cc4)C4(CCCCC4)[C@@H]2C3)[C@@H]5OC1=O. The van der Waals surface area contributed by atoms with Crippen LogP contribution in [-0.2, 0) is 54.1 Å². The summed E-state index contributed by atoms with van der Waals surface area (Å²) in [6.45, 7) is 1.84. The maximum absolute atomic E-state index is 16.8. The number of rotatable bonds is 8. The van der Waals surface area contributed by atoms with Gasteiger partial charge in [-0.1, -0.05) is 165 Å². The molecule has 3 saturated carbocycles. The van der Waals surface area contributed by atoms with Crippen LogP contribution in [0.25, 0.3) is 23.1 Å². The van der Waals surface area contributed by atoms with Crippen molar-refractivity contribution in [3.8, 4) is 5.75 Å². The fourth-order valence-corrected chi connectivity index (χ4v) is 24.7. The molecule has 20 bridgehead atoms. The Kier molecular flexibility index (Phi) is 16.6. The van der Waals surface area contributed by atoms with Gasteiger partial charge in [0.15, 0.2) is 17.8 Å². The molecule has 0 unspecified atom stereocenters. The molecule has 104 heavy (non-hydrogen) atoms. The van der Waals surface area contributed by atoms with Crippen molar-refractivity contribution in [2.75, 3.05) is 26.6 Å². The molecule has 4 N–H and O–H groups in total. The first kappa shape index (κ1) is 66.7. The molecule has 536 valence electrons. The number of carbonyl (C=O) groups is 2. The summed E-state index contributed by atoms with van der Waals surface area (Å²) in [6, 6.07) is 44.1. The van der Waals surface area contributed by atoms with Crippen LogP contribution in [0.1, 0.15) is 247 Å². The second-order valence-corrected chi connectivity index (χ2v) is 33.7. The molecule has 3 fully saturated rings. The summed E-state index contributed by atoms with van der Waals surface area (Å²) in [5.41, 5.74) is 16.0. The van der Waals surface area contributed by atoms with E-state index in [0.717, 1.165) is 70.6 Å². The predicted molar refractivity (Wildman–Crippen MR) is 399 cm³/mol. The van der Waals surface area contributed by atoms with Crippen LogP contribution >= 0.6 is 0 Å². The van der Waals surface area contributed by atoms with Crippen LogP contribution in [0.4, 0.5) is 0 Å². The van der Waals surface area contributed by atoms with Crippen molar-refractivity contribution >= 4 is 35.1 Å². The molecular formula is C92H96O12. The van der Waals surface area contributed by atoms with E-state index in [1.54, 1.807) is 6.07 Å². The zero-order chi connectivity index (χ0) is 70.5. The van der Waals surface area contributed by atoms with Gasteiger partial charge >= 0.3 is 17.6 Å². The summed E-state index contributed by atoms with van der Waals surface area (Å²) >= 11 is 0. The van der Waals surface area contributed by atoms with E-state index in [-0.39, 0.29) is 118 Å². The number of carbonyl (C=O) groups excluding carboxylic acids is 2. The largest absolute Gasteiger partial charge is 0.483 e. The number of benzene rings is 6. The highest BCUT2D eigenvalue weighted by molar-refractivity contribution is 5.91. The van der Waals surface area contributed by atoms with Gasteiger partial charge in [0.1, 0.15) is 18.1 Å². The summed E-state index contributed by atoms with van der Waals surface area (Å²) in [5.74, 6) is -1.61. The van der Waals surface area contributed by atoms with Gasteiger partial charge in [-0.3, -0.25) is 4.79 Å². The molecule has 1 aromatic heterocycles. The number of hydrogen-bond acceptors (Lipinski definition) is 12. The van der Waals surface area contributed by atoms with Crippen molar-refractivity contribution in [3.63, 3.8) is 0 Å². The molecular weight excluding hydrogens is 1300 g/mol. The Morgan fingerprint density at radius 2 is 1.54 bits per heavy atom. The van der Waals surface area contributed by atoms with Crippen LogP contribution < -0.4 is 10.4 Å². The van der Waals surface area contributed by atoms with Crippen molar-refractivity contribution in [1.29, 1.82) is 0 Å². The Bertz CT molecular complexity index is 4810. The van der Waals surface area contributed by atoms with E-state index in [4.69, 9.17) is 23.4 Å². The summed E-state index contributed by atoms with van der Waals surface area (Å²) in [6.07, 6.45) is 27.1. The molecule has 0 amide bonds. The minimum atomic E-state index is -1.43. The quantitative estimate of drug-likeness (QED) is 0.0372. The van der Waals surface area contributed by atoms with Gasteiger partial charge in [-0.15, -0.1) is 0 Å². The van der Waals surface area contributed by atoms with E-state index in [1.165, 1.54) is 85.2 Å². The number of esters is 2. The van der Waals surface area contributed by atoms with Crippen LogP contribution in [0.3, 0.4) is 0 Å². The number of fused-ring (bicyclic) bond motifs is 7. The van der Waals surface area contributed by atoms with E-state index >= 15 is 14.4 Å². The topological polar surface area (TPSA) is 182 Å². The van der Waals surface area contributed by atoms with Crippen LogP contribution in [0.2, 0.25) is 0 Å². The molecule has 7 aromatic rings. The van der Waals surface area contributed by atoms with Crippen molar-refractivity contribution in [2.24, 2.45) is 41.4 Å². The number of aliphatic hydroxyl groups excluding tert-OH is 4. The number of aliphatic hydroxyl groups is 4. The van der Waals surface area contributed by atoms with E-state index in [0.29, 0.717) is 53.4 Å². The minimum Gasteiger partial charge on any atom is -0.483 e. The first-order valence-electron chi connectivity index (χ1n) is 39.4. The summed E-state index contributed by atoms with van der Waals surface area (Å²) in [7, 11) is 0. The van der Waals surface area contributed by atoms with Gasteiger partial charge in [-0.05, 0) is 252 Å². The van der Waals surface area contributed by atoms with E-state index in [9.17, 15) is 20.4 Å². The molecule has 16 aliphatic carbocycles. The molecule has 26 rings (SSSR count). The minimum absolute atomic E-state index is 0.00697. The Balaban J connectivity index is 0.882. The predicted octanol–water partition coefficient (Wildman–Crippen LogP) is 16.7. The van der Waals surface area contributed by atoms with Crippen molar-refractivity contribution < 1.29 is 53.4 Å². The average Bonchev–Trinajstić information content (AvgIpc) is 0.889. The first-order valence-corrected chi connectivity index (χ1v) is 39.4. The standard InChI is InChI=1S/C92H96O12/c1-51(47-94)71-45-75-67-30-23-57-41-72(67)60-42-74-68-29-21-54-10-4-5-13-65(54)73(68)46-79(74)90(2)87(103-88(71)98)86(84-81(104-90)33-32-70-76(48-95)83(89(99)102-85(70)84)58(34-37-93)49-100-50-96)101-82(97)44-59-40-56(22-28-64(57)59)66-14-9-15-77-69(66)31-27-63-12-8-11-62-26-20-55-19-16-53(39-78(55)92(62,63)77)38-52-17-24-61(25-18-52)91(80(75)43-60)35-6-3-7-36-91/h4-5,9-10,13-26,28-30,32-33,39,41,56,58-60,62-64,68,73-75,79-80,86-87,93-96H,3,6-8,11-12,27,31,34-38,40,42-50H2,1-2H3/b71-51-/t56-,58+,59-,60-,62+,63-,64+,68-,73-,74-,75+,79+,80+,86+,87-,90-,92-/m0/s1. The summed E-state index contributed by atoms with van der Waals surface area (Å²) in [5, 5.41) is 43.9. The maximum Gasteiger partial charge on any atom is 0.340 e. The lowest BCUT2D eigenvalue weighted by molar-refractivity contribution is -0.202. The first-order chi connectivity index (χ1) is 50.8. The Hall–Kier alpha value is -7.97. The Morgan fingerprint density at radius 1 is 0.702 bits per heavy atom. The number of allylic oxidation sites excluding steroid dienone is 4. The number of hydrogen-bond donors (Lipinski definition) is 4.